The zero-order valence-corrected chi connectivity index (χ0v) is 12.4. The molecule has 1 aromatic carbocycles. The summed E-state index contributed by atoms with van der Waals surface area (Å²) in [6, 6.07) is 5.59. The van der Waals surface area contributed by atoms with Gasteiger partial charge < -0.3 is 10.1 Å². The fraction of sp³-hybridized carbons (Fsp3) is 0.429. The first kappa shape index (κ1) is 14.8. The molecule has 1 N–H and O–H groups in total. The molecule has 0 fully saturated rings. The van der Waals surface area contributed by atoms with E-state index in [0.29, 0.717) is 17.3 Å². The largest absolute Gasteiger partial charge is 0.487 e. The van der Waals surface area contributed by atoms with E-state index < -0.39 is 0 Å². The molecule has 0 aliphatic rings. The third-order valence-corrected chi connectivity index (χ3v) is 3.11. The molecule has 0 saturated carbocycles. The number of halogens is 1. The summed E-state index contributed by atoms with van der Waals surface area (Å²) in [5, 5.41) is 11.6. The predicted molar refractivity (Wildman–Crippen MR) is 76.8 cm³/mol. The summed E-state index contributed by atoms with van der Waals surface area (Å²) in [4.78, 5) is 0. The van der Waals surface area contributed by atoms with Crippen LogP contribution < -0.4 is 10.1 Å². The smallest absolute Gasteiger partial charge is 0.145 e. The molecule has 0 spiro atoms. The van der Waals surface area contributed by atoms with Crippen LogP contribution in [0.3, 0.4) is 0 Å². The molecule has 2 aromatic rings. The topological polar surface area (TPSA) is 60.2 Å². The average molecular weight is 296 g/mol. The summed E-state index contributed by atoms with van der Waals surface area (Å²) in [5.41, 5.74) is 2.47. The standard InChI is InChI=1S/C14H18ClN3O2/c1-3-6-16-8-11-7-12(15)4-5-14(11)19-9-13-10(2)17-20-18-13/h4-5,7,16H,3,6,8-9H2,1-2H3. The van der Waals surface area contributed by atoms with Gasteiger partial charge in [-0.2, -0.15) is 0 Å². The van der Waals surface area contributed by atoms with E-state index in [1.165, 1.54) is 0 Å². The molecule has 1 aromatic heterocycles. The Labute approximate surface area is 123 Å². The molecule has 20 heavy (non-hydrogen) atoms. The second-order valence-electron chi connectivity index (χ2n) is 4.51. The Morgan fingerprint density at radius 2 is 2.20 bits per heavy atom. The number of nitrogens with one attached hydrogen (secondary N) is 1. The number of aromatic nitrogens is 2. The van der Waals surface area contributed by atoms with Crippen molar-refractivity contribution >= 4 is 11.6 Å². The molecule has 5 nitrogen and oxygen atoms in total. The van der Waals surface area contributed by atoms with E-state index >= 15 is 0 Å². The molecule has 0 bridgehead atoms. The van der Waals surface area contributed by atoms with Crippen LogP contribution in [0.1, 0.15) is 30.3 Å². The Morgan fingerprint density at radius 1 is 1.35 bits per heavy atom. The van der Waals surface area contributed by atoms with Gasteiger partial charge in [-0.05, 0) is 38.1 Å². The van der Waals surface area contributed by atoms with Gasteiger partial charge in [-0.15, -0.1) is 0 Å². The van der Waals surface area contributed by atoms with E-state index in [0.717, 1.165) is 36.5 Å². The number of hydrogen-bond donors (Lipinski definition) is 1. The normalized spacial score (nSPS) is 10.8. The van der Waals surface area contributed by atoms with Gasteiger partial charge >= 0.3 is 0 Å². The summed E-state index contributed by atoms with van der Waals surface area (Å²) in [7, 11) is 0. The fourth-order valence-corrected chi connectivity index (χ4v) is 1.95. The summed E-state index contributed by atoms with van der Waals surface area (Å²) < 4.78 is 10.4. The van der Waals surface area contributed by atoms with Gasteiger partial charge in [0, 0.05) is 17.1 Å². The Hall–Kier alpha value is -1.59. The Bertz CT molecular complexity index is 557. The number of aryl methyl sites for hydroxylation is 1. The van der Waals surface area contributed by atoms with Crippen LogP contribution in [0.25, 0.3) is 0 Å². The SMILES string of the molecule is CCCNCc1cc(Cl)ccc1OCc1nonc1C. The van der Waals surface area contributed by atoms with Crippen molar-refractivity contribution in [3.8, 4) is 5.75 Å². The van der Waals surface area contributed by atoms with Gasteiger partial charge in [0.2, 0.25) is 0 Å². The molecule has 0 unspecified atom stereocenters. The van der Waals surface area contributed by atoms with Crippen molar-refractivity contribution in [2.45, 2.75) is 33.4 Å². The van der Waals surface area contributed by atoms with Crippen molar-refractivity contribution in [2.24, 2.45) is 0 Å². The first-order chi connectivity index (χ1) is 9.70. The molecule has 0 amide bonds. The molecule has 0 aliphatic carbocycles. The van der Waals surface area contributed by atoms with Crippen molar-refractivity contribution in [1.82, 2.24) is 15.6 Å². The third-order valence-electron chi connectivity index (χ3n) is 2.88. The van der Waals surface area contributed by atoms with E-state index in [4.69, 9.17) is 16.3 Å². The maximum Gasteiger partial charge on any atom is 0.145 e. The van der Waals surface area contributed by atoms with Gasteiger partial charge in [-0.25, -0.2) is 4.63 Å². The monoisotopic (exact) mass is 295 g/mol. The lowest BCUT2D eigenvalue weighted by Gasteiger charge is -2.11. The lowest BCUT2D eigenvalue weighted by Crippen LogP contribution is -2.14. The zero-order chi connectivity index (χ0) is 14.4. The summed E-state index contributed by atoms with van der Waals surface area (Å²) in [6.07, 6.45) is 1.08. The highest BCUT2D eigenvalue weighted by Crippen LogP contribution is 2.24. The molecule has 0 aliphatic heterocycles. The molecule has 1 heterocycles. The minimum absolute atomic E-state index is 0.331. The average Bonchev–Trinajstić information content (AvgIpc) is 2.84. The van der Waals surface area contributed by atoms with Gasteiger partial charge in [0.25, 0.3) is 0 Å². The predicted octanol–water partition coefficient (Wildman–Crippen LogP) is 3.11. The van der Waals surface area contributed by atoms with Crippen LogP contribution >= 0.6 is 11.6 Å². The number of benzene rings is 1. The van der Waals surface area contributed by atoms with Crippen molar-refractivity contribution in [1.29, 1.82) is 0 Å². The van der Waals surface area contributed by atoms with E-state index in [2.05, 4.69) is 27.2 Å². The highest BCUT2D eigenvalue weighted by atomic mass is 35.5. The van der Waals surface area contributed by atoms with Crippen LogP contribution in [-0.4, -0.2) is 16.9 Å². The summed E-state index contributed by atoms with van der Waals surface area (Å²) in [5.74, 6) is 0.792. The van der Waals surface area contributed by atoms with Crippen LogP contribution in [0, 0.1) is 6.92 Å². The zero-order valence-electron chi connectivity index (χ0n) is 11.6. The number of nitrogens with zero attached hydrogens (tertiary/aromatic N) is 2. The van der Waals surface area contributed by atoms with Crippen LogP contribution in [-0.2, 0) is 13.2 Å². The molecule has 0 radical (unpaired) electrons. The van der Waals surface area contributed by atoms with Crippen LogP contribution in [0.5, 0.6) is 5.75 Å². The minimum atomic E-state index is 0.331. The van der Waals surface area contributed by atoms with Crippen molar-refractivity contribution < 1.29 is 9.37 Å². The lowest BCUT2D eigenvalue weighted by atomic mass is 10.2. The number of rotatable bonds is 7. The minimum Gasteiger partial charge on any atom is -0.487 e. The maximum atomic E-state index is 6.03. The molecular weight excluding hydrogens is 278 g/mol. The Balaban J connectivity index is 2.04. The summed E-state index contributed by atoms with van der Waals surface area (Å²) >= 11 is 6.03. The second-order valence-corrected chi connectivity index (χ2v) is 4.95. The fourth-order valence-electron chi connectivity index (χ4n) is 1.75. The van der Waals surface area contributed by atoms with Gasteiger partial charge in [-0.3, -0.25) is 0 Å². The molecule has 2 rings (SSSR count). The Morgan fingerprint density at radius 3 is 2.90 bits per heavy atom. The van der Waals surface area contributed by atoms with Crippen LogP contribution in [0.15, 0.2) is 22.8 Å². The Kier molecular flexibility index (Phi) is 5.38. The van der Waals surface area contributed by atoms with E-state index in [9.17, 15) is 0 Å². The lowest BCUT2D eigenvalue weighted by molar-refractivity contribution is 0.268. The first-order valence-electron chi connectivity index (χ1n) is 6.60. The van der Waals surface area contributed by atoms with E-state index in [1.54, 1.807) is 0 Å². The van der Waals surface area contributed by atoms with Gasteiger partial charge in [-0.1, -0.05) is 28.8 Å². The summed E-state index contributed by atoms with van der Waals surface area (Å²) in [6.45, 7) is 5.97. The molecular formula is C14H18ClN3O2. The van der Waals surface area contributed by atoms with Crippen LogP contribution in [0.2, 0.25) is 5.02 Å². The van der Waals surface area contributed by atoms with Crippen LogP contribution in [0.4, 0.5) is 0 Å². The maximum absolute atomic E-state index is 6.03. The van der Waals surface area contributed by atoms with Crippen molar-refractivity contribution in [3.05, 3.63) is 40.2 Å². The highest BCUT2D eigenvalue weighted by molar-refractivity contribution is 6.30. The van der Waals surface area contributed by atoms with Crippen molar-refractivity contribution in [2.75, 3.05) is 6.54 Å². The van der Waals surface area contributed by atoms with Gasteiger partial charge in [0.15, 0.2) is 0 Å². The van der Waals surface area contributed by atoms with Crippen molar-refractivity contribution in [3.63, 3.8) is 0 Å². The number of ether oxygens (including phenoxy) is 1. The first-order valence-corrected chi connectivity index (χ1v) is 6.98. The van der Waals surface area contributed by atoms with Gasteiger partial charge in [0.1, 0.15) is 23.7 Å². The quantitative estimate of drug-likeness (QED) is 0.795. The second kappa shape index (κ2) is 7.26. The number of hydrogen-bond acceptors (Lipinski definition) is 5. The van der Waals surface area contributed by atoms with Gasteiger partial charge in [0.05, 0.1) is 0 Å². The highest BCUT2D eigenvalue weighted by Gasteiger charge is 2.09. The van der Waals surface area contributed by atoms with E-state index in [1.807, 2.05) is 25.1 Å². The molecule has 0 atom stereocenters. The molecule has 6 heteroatoms. The molecule has 108 valence electrons. The molecule has 0 saturated heterocycles. The van der Waals surface area contributed by atoms with E-state index in [-0.39, 0.29) is 0 Å². The third kappa shape index (κ3) is 3.95.